The van der Waals surface area contributed by atoms with Gasteiger partial charge in [0, 0.05) is 16.5 Å². The van der Waals surface area contributed by atoms with Gasteiger partial charge in [-0.15, -0.1) is 11.3 Å². The summed E-state index contributed by atoms with van der Waals surface area (Å²) in [4.78, 5) is 4.18. The van der Waals surface area contributed by atoms with Gasteiger partial charge in [0.2, 0.25) is 0 Å². The average Bonchev–Trinajstić information content (AvgIpc) is 3.07. The molecule has 0 saturated heterocycles. The van der Waals surface area contributed by atoms with Gasteiger partial charge in [-0.2, -0.15) is 0 Å². The predicted octanol–water partition coefficient (Wildman–Crippen LogP) is 4.30. The van der Waals surface area contributed by atoms with Crippen molar-refractivity contribution in [3.05, 3.63) is 20.8 Å². The lowest BCUT2D eigenvalue weighted by Crippen LogP contribution is -2.60. The van der Waals surface area contributed by atoms with E-state index in [9.17, 15) is 0 Å². The summed E-state index contributed by atoms with van der Waals surface area (Å²) in [6.07, 6.45) is 6.58. The van der Waals surface area contributed by atoms with E-state index in [1.165, 1.54) is 34.3 Å². The zero-order valence-corrected chi connectivity index (χ0v) is 15.3. The molecule has 1 saturated carbocycles. The van der Waals surface area contributed by atoms with Crippen LogP contribution in [0, 0.1) is 0 Å². The molecule has 1 aliphatic carbocycles. The SMILES string of the molecule is CCN(CC)C1(C(Cc2ccc(Br)s2)NC)CCCC1. The number of rotatable bonds is 7. The monoisotopic (exact) mass is 358 g/mol. The highest BCUT2D eigenvalue weighted by molar-refractivity contribution is 9.11. The third kappa shape index (κ3) is 3.29. The van der Waals surface area contributed by atoms with Crippen molar-refractivity contribution in [3.63, 3.8) is 0 Å². The molecule has 2 rings (SSSR count). The van der Waals surface area contributed by atoms with Crippen LogP contribution in [0.5, 0.6) is 0 Å². The first kappa shape index (κ1) is 16.5. The molecule has 0 aromatic carbocycles. The zero-order chi connectivity index (χ0) is 14.6. The number of nitrogens with zero attached hydrogens (tertiary/aromatic N) is 1. The Morgan fingerprint density at radius 1 is 1.30 bits per heavy atom. The van der Waals surface area contributed by atoms with Crippen LogP contribution in [0.4, 0.5) is 0 Å². The highest BCUT2D eigenvalue weighted by atomic mass is 79.9. The highest BCUT2D eigenvalue weighted by Crippen LogP contribution is 2.39. The zero-order valence-electron chi connectivity index (χ0n) is 12.9. The number of hydrogen-bond acceptors (Lipinski definition) is 3. The Hall–Kier alpha value is 0.1000. The normalized spacial score (nSPS) is 19.6. The molecule has 0 radical (unpaired) electrons. The molecule has 1 atom stereocenters. The van der Waals surface area contributed by atoms with Gasteiger partial charge in [-0.3, -0.25) is 4.90 Å². The number of thiophene rings is 1. The Bertz CT molecular complexity index is 408. The van der Waals surface area contributed by atoms with Crippen molar-refractivity contribution in [1.82, 2.24) is 10.2 Å². The van der Waals surface area contributed by atoms with Crippen LogP contribution in [-0.4, -0.2) is 36.6 Å². The number of likely N-dealkylation sites (N-methyl/N-ethyl adjacent to an activating group) is 2. The van der Waals surface area contributed by atoms with E-state index in [0.717, 1.165) is 19.5 Å². The van der Waals surface area contributed by atoms with Crippen LogP contribution in [0.15, 0.2) is 15.9 Å². The standard InChI is InChI=1S/C16H27BrN2S/c1-4-19(5-2)16(10-6-7-11-16)14(18-3)12-13-8-9-15(17)20-13/h8-9,14,18H,4-7,10-12H2,1-3H3. The Morgan fingerprint density at radius 2 is 1.95 bits per heavy atom. The second-order valence-corrected chi connectivity index (χ2v) is 8.28. The lowest BCUT2D eigenvalue weighted by Gasteiger charge is -2.46. The van der Waals surface area contributed by atoms with E-state index >= 15 is 0 Å². The summed E-state index contributed by atoms with van der Waals surface area (Å²) in [6, 6.07) is 4.99. The molecule has 1 heterocycles. The minimum atomic E-state index is 0.356. The fraction of sp³-hybridized carbons (Fsp3) is 0.750. The molecule has 20 heavy (non-hydrogen) atoms. The van der Waals surface area contributed by atoms with Gasteiger partial charge in [0.25, 0.3) is 0 Å². The van der Waals surface area contributed by atoms with Crippen molar-refractivity contribution < 1.29 is 0 Å². The highest BCUT2D eigenvalue weighted by Gasteiger charge is 2.44. The van der Waals surface area contributed by atoms with Crippen LogP contribution in [0.25, 0.3) is 0 Å². The second kappa shape index (κ2) is 7.39. The fourth-order valence-electron chi connectivity index (χ4n) is 3.95. The van der Waals surface area contributed by atoms with Crippen molar-refractivity contribution in [2.45, 2.75) is 57.5 Å². The number of nitrogens with one attached hydrogen (secondary N) is 1. The Kier molecular flexibility index (Phi) is 6.09. The molecule has 1 N–H and O–H groups in total. The van der Waals surface area contributed by atoms with E-state index in [1.54, 1.807) is 0 Å². The van der Waals surface area contributed by atoms with Crippen LogP contribution in [0.1, 0.15) is 44.4 Å². The molecule has 2 nitrogen and oxygen atoms in total. The van der Waals surface area contributed by atoms with E-state index < -0.39 is 0 Å². The lowest BCUT2D eigenvalue weighted by molar-refractivity contribution is 0.0661. The summed E-state index contributed by atoms with van der Waals surface area (Å²) in [5.74, 6) is 0. The third-order valence-corrected chi connectivity index (χ3v) is 6.54. The Balaban J connectivity index is 2.21. The van der Waals surface area contributed by atoms with E-state index in [2.05, 4.69) is 59.2 Å². The number of hydrogen-bond donors (Lipinski definition) is 1. The van der Waals surface area contributed by atoms with Crippen LogP contribution in [0.2, 0.25) is 0 Å². The van der Waals surface area contributed by atoms with Crippen molar-refractivity contribution in [2.24, 2.45) is 0 Å². The molecular weight excluding hydrogens is 332 g/mol. The van der Waals surface area contributed by atoms with Crippen LogP contribution >= 0.6 is 27.3 Å². The molecule has 0 amide bonds. The van der Waals surface area contributed by atoms with Gasteiger partial charge in [-0.25, -0.2) is 0 Å². The van der Waals surface area contributed by atoms with Crippen LogP contribution in [0.3, 0.4) is 0 Å². The van der Waals surface area contributed by atoms with Gasteiger partial charge >= 0.3 is 0 Å². The van der Waals surface area contributed by atoms with Gasteiger partial charge in [0.1, 0.15) is 0 Å². The summed E-state index contributed by atoms with van der Waals surface area (Å²) in [5, 5.41) is 3.64. The minimum absolute atomic E-state index is 0.356. The average molecular weight is 359 g/mol. The van der Waals surface area contributed by atoms with Crippen molar-refractivity contribution in [2.75, 3.05) is 20.1 Å². The Morgan fingerprint density at radius 3 is 2.40 bits per heavy atom. The Labute approximate surface area is 136 Å². The fourth-order valence-corrected chi connectivity index (χ4v) is 5.48. The summed E-state index contributed by atoms with van der Waals surface area (Å²) < 4.78 is 1.24. The van der Waals surface area contributed by atoms with E-state index in [4.69, 9.17) is 0 Å². The molecule has 1 fully saturated rings. The molecule has 0 spiro atoms. The number of halogens is 1. The maximum atomic E-state index is 3.64. The second-order valence-electron chi connectivity index (χ2n) is 5.73. The van der Waals surface area contributed by atoms with Crippen LogP contribution in [-0.2, 0) is 6.42 Å². The van der Waals surface area contributed by atoms with Gasteiger partial charge in [0.05, 0.1) is 3.79 Å². The third-order valence-electron chi connectivity index (χ3n) is 4.89. The van der Waals surface area contributed by atoms with Gasteiger partial charge < -0.3 is 5.32 Å². The quantitative estimate of drug-likeness (QED) is 0.781. The molecule has 114 valence electrons. The van der Waals surface area contributed by atoms with Gasteiger partial charge in [-0.1, -0.05) is 26.7 Å². The molecule has 1 aliphatic rings. The summed E-state index contributed by atoms with van der Waals surface area (Å²) in [5.41, 5.74) is 0.356. The largest absolute Gasteiger partial charge is 0.315 e. The van der Waals surface area contributed by atoms with E-state index in [1.807, 2.05) is 11.3 Å². The molecule has 4 heteroatoms. The summed E-state index contributed by atoms with van der Waals surface area (Å²) >= 11 is 5.46. The lowest BCUT2D eigenvalue weighted by atomic mass is 9.83. The molecule has 1 aromatic heterocycles. The summed E-state index contributed by atoms with van der Waals surface area (Å²) in [6.45, 7) is 6.92. The van der Waals surface area contributed by atoms with Crippen LogP contribution < -0.4 is 5.32 Å². The first-order chi connectivity index (χ1) is 9.66. The molecule has 1 unspecified atom stereocenters. The maximum Gasteiger partial charge on any atom is 0.0701 e. The van der Waals surface area contributed by atoms with Gasteiger partial charge in [-0.05, 0) is 67.5 Å². The maximum absolute atomic E-state index is 3.64. The summed E-state index contributed by atoms with van der Waals surface area (Å²) in [7, 11) is 2.14. The minimum Gasteiger partial charge on any atom is -0.315 e. The molecule has 1 aromatic rings. The smallest absolute Gasteiger partial charge is 0.0701 e. The van der Waals surface area contributed by atoms with Crippen molar-refractivity contribution >= 4 is 27.3 Å². The van der Waals surface area contributed by atoms with Crippen molar-refractivity contribution in [1.29, 1.82) is 0 Å². The predicted molar refractivity (Wildman–Crippen MR) is 92.7 cm³/mol. The molecular formula is C16H27BrN2S. The first-order valence-electron chi connectivity index (χ1n) is 7.82. The topological polar surface area (TPSA) is 15.3 Å². The molecule has 0 aliphatic heterocycles. The molecule has 0 bridgehead atoms. The van der Waals surface area contributed by atoms with Crippen molar-refractivity contribution in [3.8, 4) is 0 Å². The van der Waals surface area contributed by atoms with E-state index in [-0.39, 0.29) is 0 Å². The first-order valence-corrected chi connectivity index (χ1v) is 9.43. The van der Waals surface area contributed by atoms with E-state index in [0.29, 0.717) is 11.6 Å². The van der Waals surface area contributed by atoms with Gasteiger partial charge in [0.15, 0.2) is 0 Å².